The Kier molecular flexibility index (Phi) is 6.65. The van der Waals surface area contributed by atoms with Crippen LogP contribution in [0.2, 0.25) is 0 Å². The number of hydrogen-bond acceptors (Lipinski definition) is 13. The molecule has 0 atom stereocenters. The predicted octanol–water partition coefficient (Wildman–Crippen LogP) is -0.317. The summed E-state index contributed by atoms with van der Waals surface area (Å²) < 4.78 is 25.3. The van der Waals surface area contributed by atoms with Gasteiger partial charge >= 0.3 is 10.6 Å². The molecule has 0 aliphatic heterocycles. The zero-order valence-corrected chi connectivity index (χ0v) is 15.8. The maximum atomic E-state index is 8.44. The number of rotatable bonds is 0. The van der Waals surface area contributed by atoms with E-state index in [4.69, 9.17) is 35.6 Å². The van der Waals surface area contributed by atoms with Crippen LogP contribution in [-0.4, -0.2) is 42.5 Å². The van der Waals surface area contributed by atoms with Crippen LogP contribution in [-0.2, 0) is 10.6 Å². The Morgan fingerprint density at radius 2 is 1.07 bits per heavy atom. The monoisotopic (exact) mass is 416 g/mol. The lowest BCUT2D eigenvalue weighted by Gasteiger charge is -2.04. The van der Waals surface area contributed by atoms with Crippen molar-refractivity contribution in [3.63, 3.8) is 0 Å². The van der Waals surface area contributed by atoms with Crippen molar-refractivity contribution in [3.8, 4) is 0 Å². The minimum atomic E-state index is -3.11. The lowest BCUT2D eigenvalue weighted by atomic mass is 10.2. The maximum absolute atomic E-state index is 8.44. The molecule has 3 heterocycles. The van der Waals surface area contributed by atoms with E-state index < -0.39 is 10.6 Å². The SMILES string of the molecule is Cc1ccccc1.Nc1nc(N)c2nc3c(N)nc(N)nc3nc2n1.O=S(=O)=O. The quantitative estimate of drug-likeness (QED) is 0.269. The Balaban J connectivity index is 0.000000226. The van der Waals surface area contributed by atoms with Gasteiger partial charge in [-0.15, -0.1) is 12.6 Å². The molecule has 0 amide bonds. The zero-order valence-electron chi connectivity index (χ0n) is 15.0. The molecule has 0 fully saturated rings. The van der Waals surface area contributed by atoms with E-state index in [0.717, 1.165) is 0 Å². The van der Waals surface area contributed by atoms with Gasteiger partial charge in [0.05, 0.1) is 0 Å². The third-order valence-electron chi connectivity index (χ3n) is 3.20. The molecule has 0 spiro atoms. The number of nitrogen functional groups attached to an aromatic ring is 4. The van der Waals surface area contributed by atoms with Crippen LogP contribution in [0, 0.1) is 6.92 Å². The van der Waals surface area contributed by atoms with Crippen molar-refractivity contribution in [2.45, 2.75) is 6.92 Å². The summed E-state index contributed by atoms with van der Waals surface area (Å²) >= 11 is 0. The first-order valence-corrected chi connectivity index (χ1v) is 8.75. The first kappa shape index (κ1) is 21.1. The second-order valence-corrected chi connectivity index (χ2v) is 5.77. The Morgan fingerprint density at radius 1 is 0.655 bits per heavy atom. The molecule has 0 unspecified atom stereocenters. The third-order valence-corrected chi connectivity index (χ3v) is 3.20. The zero-order chi connectivity index (χ0) is 21.6. The average molecular weight is 416 g/mol. The van der Waals surface area contributed by atoms with E-state index in [1.54, 1.807) is 0 Å². The van der Waals surface area contributed by atoms with Gasteiger partial charge in [0.2, 0.25) is 11.9 Å². The van der Waals surface area contributed by atoms with Crippen molar-refractivity contribution in [2.75, 3.05) is 22.9 Å². The minimum absolute atomic E-state index is 0.00338. The molecule has 1 aromatic carbocycles. The number of nitrogens with zero attached hydrogens (tertiary/aromatic N) is 6. The lowest BCUT2D eigenvalue weighted by molar-refractivity contribution is 0.559. The Hall–Kier alpha value is -4.20. The van der Waals surface area contributed by atoms with Gasteiger partial charge in [-0.2, -0.15) is 19.9 Å². The highest BCUT2D eigenvalue weighted by molar-refractivity contribution is 7.59. The van der Waals surface area contributed by atoms with Gasteiger partial charge in [0.1, 0.15) is 0 Å². The van der Waals surface area contributed by atoms with Crippen molar-refractivity contribution >= 4 is 56.5 Å². The summed E-state index contributed by atoms with van der Waals surface area (Å²) in [7, 11) is -3.11. The first-order valence-electron chi connectivity index (χ1n) is 7.75. The fourth-order valence-corrected chi connectivity index (χ4v) is 2.07. The van der Waals surface area contributed by atoms with Crippen LogP contribution in [0.1, 0.15) is 5.56 Å². The number of aromatic nitrogens is 6. The fraction of sp³-hybridized carbons (Fsp3) is 0.0667. The van der Waals surface area contributed by atoms with E-state index in [1.807, 2.05) is 18.2 Å². The van der Waals surface area contributed by atoms with E-state index in [9.17, 15) is 0 Å². The normalized spacial score (nSPS) is 9.83. The van der Waals surface area contributed by atoms with Gasteiger partial charge in [0.15, 0.2) is 34.0 Å². The molecule has 29 heavy (non-hydrogen) atoms. The van der Waals surface area contributed by atoms with E-state index in [2.05, 4.69) is 49.0 Å². The number of hydrogen-bond donors (Lipinski definition) is 4. The molecule has 0 bridgehead atoms. The van der Waals surface area contributed by atoms with Crippen LogP contribution in [0.5, 0.6) is 0 Å². The number of anilines is 4. The van der Waals surface area contributed by atoms with Crippen LogP contribution < -0.4 is 22.9 Å². The summed E-state index contributed by atoms with van der Waals surface area (Å²) in [5.41, 5.74) is 24.7. The summed E-state index contributed by atoms with van der Waals surface area (Å²) in [6, 6.07) is 10.3. The number of nitrogens with two attached hydrogens (primary N) is 4. The van der Waals surface area contributed by atoms with Gasteiger partial charge in [-0.3, -0.25) is 0 Å². The van der Waals surface area contributed by atoms with Gasteiger partial charge in [0.25, 0.3) is 0 Å². The summed E-state index contributed by atoms with van der Waals surface area (Å²) in [4.78, 5) is 23.7. The molecule has 8 N–H and O–H groups in total. The van der Waals surface area contributed by atoms with E-state index >= 15 is 0 Å². The highest BCUT2D eigenvalue weighted by atomic mass is 32.2. The molecule has 4 rings (SSSR count). The summed E-state index contributed by atoms with van der Waals surface area (Å²) in [5, 5.41) is 0. The van der Waals surface area contributed by atoms with E-state index in [1.165, 1.54) is 5.56 Å². The summed E-state index contributed by atoms with van der Waals surface area (Å²) in [6.07, 6.45) is 0. The van der Waals surface area contributed by atoms with Crippen molar-refractivity contribution in [1.82, 2.24) is 29.9 Å². The smallest absolute Gasteiger partial charge is 0.382 e. The number of fused-ring (bicyclic) bond motifs is 2. The molecule has 4 aromatic rings. The molecular formula is C15H16N10O3S. The van der Waals surface area contributed by atoms with Crippen LogP contribution in [0.3, 0.4) is 0 Å². The van der Waals surface area contributed by atoms with Gasteiger partial charge < -0.3 is 22.9 Å². The molecule has 14 heteroatoms. The fourth-order valence-electron chi connectivity index (χ4n) is 2.07. The van der Waals surface area contributed by atoms with Gasteiger partial charge in [-0.1, -0.05) is 35.9 Å². The second kappa shape index (κ2) is 9.14. The topological polar surface area (TPSA) is 233 Å². The summed E-state index contributed by atoms with van der Waals surface area (Å²) in [5.74, 6) is 0.235. The van der Waals surface area contributed by atoms with Crippen LogP contribution in [0.15, 0.2) is 30.3 Å². The number of benzene rings is 1. The minimum Gasteiger partial charge on any atom is -0.382 e. The third kappa shape index (κ3) is 5.90. The molecule has 0 aliphatic rings. The number of aryl methyl sites for hydroxylation is 1. The van der Waals surface area contributed by atoms with Crippen molar-refractivity contribution in [2.24, 2.45) is 0 Å². The van der Waals surface area contributed by atoms with Crippen molar-refractivity contribution in [3.05, 3.63) is 35.9 Å². The van der Waals surface area contributed by atoms with Crippen molar-refractivity contribution < 1.29 is 12.6 Å². The first-order chi connectivity index (χ1) is 13.7. The Bertz CT molecular complexity index is 1200. The largest absolute Gasteiger partial charge is 0.425 e. The molecule has 3 aromatic heterocycles. The Labute approximate surface area is 165 Å². The van der Waals surface area contributed by atoms with Gasteiger partial charge in [-0.25, -0.2) is 9.97 Å². The van der Waals surface area contributed by atoms with Crippen molar-refractivity contribution in [1.29, 1.82) is 0 Å². The second-order valence-electron chi connectivity index (χ2n) is 5.36. The molecular weight excluding hydrogens is 400 g/mol. The van der Waals surface area contributed by atoms with Crippen LogP contribution in [0.4, 0.5) is 23.5 Å². The summed E-state index contributed by atoms with van der Waals surface area (Å²) in [6.45, 7) is 2.08. The van der Waals surface area contributed by atoms with Crippen LogP contribution in [0.25, 0.3) is 22.3 Å². The van der Waals surface area contributed by atoms with Crippen LogP contribution >= 0.6 is 0 Å². The van der Waals surface area contributed by atoms with Gasteiger partial charge in [0, 0.05) is 0 Å². The predicted molar refractivity (Wildman–Crippen MR) is 107 cm³/mol. The lowest BCUT2D eigenvalue weighted by Crippen LogP contribution is -2.06. The highest BCUT2D eigenvalue weighted by Gasteiger charge is 2.12. The standard InChI is InChI=1S/C8H8N10.C7H8.O3S/c9-3-1-5(17-7(11)14-3)16-6-2(13-1)4(10)15-8(12)18-6;1-7-5-3-2-4-6-7;1-4(2)3/h(H8,9,10,11,12,14,15,16,17,18);2-6H,1H3;. The molecule has 0 saturated carbocycles. The molecule has 0 saturated heterocycles. The van der Waals surface area contributed by atoms with E-state index in [-0.39, 0.29) is 45.9 Å². The average Bonchev–Trinajstić information content (AvgIpc) is 2.61. The molecule has 13 nitrogen and oxygen atoms in total. The molecule has 150 valence electrons. The molecule has 0 radical (unpaired) electrons. The maximum Gasteiger partial charge on any atom is 0.425 e. The molecule has 0 aliphatic carbocycles. The van der Waals surface area contributed by atoms with Gasteiger partial charge in [-0.05, 0) is 6.92 Å². The van der Waals surface area contributed by atoms with E-state index in [0.29, 0.717) is 0 Å². The highest BCUT2D eigenvalue weighted by Crippen LogP contribution is 2.21. The Morgan fingerprint density at radius 3 is 1.41 bits per heavy atom.